The smallest absolute Gasteiger partial charge is 0.407 e. The molecule has 1 aliphatic rings. The first kappa shape index (κ1) is 21.2. The van der Waals surface area contributed by atoms with Crippen LogP contribution in [-0.2, 0) is 16.1 Å². The van der Waals surface area contributed by atoms with Gasteiger partial charge >= 0.3 is 6.09 Å². The molecule has 1 aromatic rings. The fourth-order valence-electron chi connectivity index (χ4n) is 3.12. The van der Waals surface area contributed by atoms with Gasteiger partial charge in [-0.1, -0.05) is 30.3 Å². The van der Waals surface area contributed by atoms with Crippen LogP contribution < -0.4 is 5.32 Å². The van der Waals surface area contributed by atoms with Crippen LogP contribution in [0.2, 0.25) is 0 Å². The first-order chi connectivity index (χ1) is 12.8. The van der Waals surface area contributed by atoms with Crippen LogP contribution in [0.15, 0.2) is 30.3 Å². The van der Waals surface area contributed by atoms with E-state index in [1.165, 1.54) is 5.56 Å². The molecule has 0 saturated carbocycles. The molecule has 0 aromatic heterocycles. The zero-order valence-electron chi connectivity index (χ0n) is 16.9. The van der Waals surface area contributed by atoms with Gasteiger partial charge in [-0.3, -0.25) is 9.69 Å². The molecule has 0 spiro atoms. The van der Waals surface area contributed by atoms with E-state index in [4.69, 9.17) is 4.74 Å². The Morgan fingerprint density at radius 3 is 2.52 bits per heavy atom. The van der Waals surface area contributed by atoms with Gasteiger partial charge in [0.1, 0.15) is 5.60 Å². The fourth-order valence-corrected chi connectivity index (χ4v) is 3.12. The maximum absolute atomic E-state index is 12.5. The SMILES string of the molecule is CC(C)(C)OC(=O)NCCCC(=O)N1CCCN(Cc2ccccc2)CC1. The summed E-state index contributed by atoms with van der Waals surface area (Å²) in [6.07, 6.45) is 1.65. The van der Waals surface area contributed by atoms with Crippen LogP contribution in [0.25, 0.3) is 0 Å². The number of rotatable bonds is 6. The lowest BCUT2D eigenvalue weighted by Crippen LogP contribution is -2.36. The van der Waals surface area contributed by atoms with Crippen LogP contribution >= 0.6 is 0 Å². The number of hydrogen-bond donors (Lipinski definition) is 1. The van der Waals surface area contributed by atoms with Crippen LogP contribution in [0.4, 0.5) is 4.79 Å². The third-order valence-corrected chi connectivity index (χ3v) is 4.43. The van der Waals surface area contributed by atoms with Crippen molar-refractivity contribution in [2.24, 2.45) is 0 Å². The molecule has 0 radical (unpaired) electrons. The third kappa shape index (κ3) is 8.43. The van der Waals surface area contributed by atoms with E-state index in [1.807, 2.05) is 31.7 Å². The third-order valence-electron chi connectivity index (χ3n) is 4.43. The summed E-state index contributed by atoms with van der Waals surface area (Å²) in [5, 5.41) is 2.70. The fraction of sp³-hybridized carbons (Fsp3) is 0.619. The van der Waals surface area contributed by atoms with Crippen molar-refractivity contribution in [3.8, 4) is 0 Å². The highest BCUT2D eigenvalue weighted by Crippen LogP contribution is 2.10. The average Bonchev–Trinajstić information content (AvgIpc) is 2.83. The first-order valence-corrected chi connectivity index (χ1v) is 9.84. The molecule has 0 unspecified atom stereocenters. The Kier molecular flexibility index (Phi) is 8.10. The van der Waals surface area contributed by atoms with E-state index in [-0.39, 0.29) is 5.91 Å². The molecule has 1 heterocycles. The molecule has 0 aliphatic carbocycles. The van der Waals surface area contributed by atoms with E-state index < -0.39 is 11.7 Å². The van der Waals surface area contributed by atoms with Gasteiger partial charge in [-0.2, -0.15) is 0 Å². The number of hydrogen-bond acceptors (Lipinski definition) is 4. The number of carbonyl (C=O) groups excluding carboxylic acids is 2. The van der Waals surface area contributed by atoms with Gasteiger partial charge in [-0.05, 0) is 39.2 Å². The number of alkyl carbamates (subject to hydrolysis) is 1. The highest BCUT2D eigenvalue weighted by atomic mass is 16.6. The van der Waals surface area contributed by atoms with Gasteiger partial charge in [-0.25, -0.2) is 4.79 Å². The second kappa shape index (κ2) is 10.3. The van der Waals surface area contributed by atoms with E-state index in [9.17, 15) is 9.59 Å². The highest BCUT2D eigenvalue weighted by Gasteiger charge is 2.19. The van der Waals surface area contributed by atoms with Gasteiger partial charge < -0.3 is 15.0 Å². The van der Waals surface area contributed by atoms with E-state index >= 15 is 0 Å². The number of nitrogens with one attached hydrogen (secondary N) is 1. The second-order valence-electron chi connectivity index (χ2n) is 8.03. The summed E-state index contributed by atoms with van der Waals surface area (Å²) in [5.41, 5.74) is 0.808. The second-order valence-corrected chi connectivity index (χ2v) is 8.03. The van der Waals surface area contributed by atoms with Crippen molar-refractivity contribution in [3.63, 3.8) is 0 Å². The van der Waals surface area contributed by atoms with Gasteiger partial charge in [0.15, 0.2) is 0 Å². The minimum Gasteiger partial charge on any atom is -0.444 e. The maximum Gasteiger partial charge on any atom is 0.407 e. The minimum atomic E-state index is -0.502. The van der Waals surface area contributed by atoms with E-state index in [0.29, 0.717) is 19.4 Å². The van der Waals surface area contributed by atoms with Crippen LogP contribution in [0.3, 0.4) is 0 Å². The number of ether oxygens (including phenoxy) is 1. The number of amides is 2. The van der Waals surface area contributed by atoms with Crippen molar-refractivity contribution in [2.45, 2.75) is 52.2 Å². The molecule has 6 heteroatoms. The summed E-state index contributed by atoms with van der Waals surface area (Å²) in [6, 6.07) is 10.4. The Morgan fingerprint density at radius 1 is 1.07 bits per heavy atom. The minimum absolute atomic E-state index is 0.169. The summed E-state index contributed by atoms with van der Waals surface area (Å²) in [7, 11) is 0. The van der Waals surface area contributed by atoms with Crippen molar-refractivity contribution in [1.29, 1.82) is 0 Å². The Morgan fingerprint density at radius 2 is 1.81 bits per heavy atom. The van der Waals surface area contributed by atoms with Gasteiger partial charge in [0.05, 0.1) is 0 Å². The Labute approximate surface area is 162 Å². The lowest BCUT2D eigenvalue weighted by molar-refractivity contribution is -0.131. The molecule has 6 nitrogen and oxygen atoms in total. The summed E-state index contributed by atoms with van der Waals surface area (Å²) in [4.78, 5) is 28.4. The van der Waals surface area contributed by atoms with Crippen LogP contribution in [0.1, 0.15) is 45.6 Å². The van der Waals surface area contributed by atoms with Crippen molar-refractivity contribution in [2.75, 3.05) is 32.7 Å². The average molecular weight is 376 g/mol. The van der Waals surface area contributed by atoms with Crippen molar-refractivity contribution < 1.29 is 14.3 Å². The van der Waals surface area contributed by atoms with E-state index in [2.05, 4.69) is 34.5 Å². The maximum atomic E-state index is 12.5. The van der Waals surface area contributed by atoms with E-state index in [1.54, 1.807) is 0 Å². The monoisotopic (exact) mass is 375 g/mol. The predicted molar refractivity (Wildman–Crippen MR) is 106 cm³/mol. The molecule has 1 fully saturated rings. The largest absolute Gasteiger partial charge is 0.444 e. The number of carbonyl (C=O) groups is 2. The lowest BCUT2D eigenvalue weighted by atomic mass is 10.2. The molecule has 1 aromatic carbocycles. The molecule has 0 atom stereocenters. The molecule has 150 valence electrons. The van der Waals surface area contributed by atoms with Gasteiger partial charge in [0.2, 0.25) is 5.91 Å². The van der Waals surface area contributed by atoms with Gasteiger partial charge in [0.25, 0.3) is 0 Å². The normalized spacial score (nSPS) is 15.9. The number of benzene rings is 1. The van der Waals surface area contributed by atoms with Crippen molar-refractivity contribution in [1.82, 2.24) is 15.1 Å². The number of nitrogens with zero attached hydrogens (tertiary/aromatic N) is 2. The highest BCUT2D eigenvalue weighted by molar-refractivity contribution is 5.76. The molecule has 27 heavy (non-hydrogen) atoms. The predicted octanol–water partition coefficient (Wildman–Crippen LogP) is 3.03. The standard InChI is InChI=1S/C21H33N3O3/c1-21(2,3)27-20(26)22-12-7-11-19(25)24-14-8-13-23(15-16-24)17-18-9-5-4-6-10-18/h4-6,9-10H,7-8,11-17H2,1-3H3,(H,22,26). The van der Waals surface area contributed by atoms with Crippen LogP contribution in [-0.4, -0.2) is 60.1 Å². The molecule has 0 bridgehead atoms. The zero-order chi connectivity index (χ0) is 19.7. The van der Waals surface area contributed by atoms with Crippen LogP contribution in [0, 0.1) is 0 Å². The molecule has 2 rings (SSSR count). The van der Waals surface area contributed by atoms with Gasteiger partial charge in [-0.15, -0.1) is 0 Å². The first-order valence-electron chi connectivity index (χ1n) is 9.84. The Balaban J connectivity index is 1.66. The Bertz CT molecular complexity index is 598. The summed E-state index contributed by atoms with van der Waals surface area (Å²) >= 11 is 0. The molecular formula is C21H33N3O3. The van der Waals surface area contributed by atoms with Crippen molar-refractivity contribution in [3.05, 3.63) is 35.9 Å². The molecule has 2 amide bonds. The van der Waals surface area contributed by atoms with Crippen LogP contribution in [0.5, 0.6) is 0 Å². The molecule has 1 N–H and O–H groups in total. The quantitative estimate of drug-likeness (QED) is 0.777. The lowest BCUT2D eigenvalue weighted by Gasteiger charge is -2.22. The van der Waals surface area contributed by atoms with Gasteiger partial charge in [0, 0.05) is 45.7 Å². The van der Waals surface area contributed by atoms with Crippen molar-refractivity contribution >= 4 is 12.0 Å². The molecular weight excluding hydrogens is 342 g/mol. The van der Waals surface area contributed by atoms with E-state index in [0.717, 1.165) is 39.1 Å². The summed E-state index contributed by atoms with van der Waals surface area (Å²) in [5.74, 6) is 0.169. The molecule has 1 aliphatic heterocycles. The topological polar surface area (TPSA) is 61.9 Å². The Hall–Kier alpha value is -2.08. The zero-order valence-corrected chi connectivity index (χ0v) is 16.9. The summed E-state index contributed by atoms with van der Waals surface area (Å²) in [6.45, 7) is 10.4. The summed E-state index contributed by atoms with van der Waals surface area (Å²) < 4.78 is 5.19. The molecule has 1 saturated heterocycles.